The predicted octanol–water partition coefficient (Wildman–Crippen LogP) is 1.83. The average Bonchev–Trinajstić information content (AvgIpc) is 2.23. The van der Waals surface area contributed by atoms with Crippen molar-refractivity contribution in [3.05, 3.63) is 18.1 Å². The Bertz CT molecular complexity index is 397. The summed E-state index contributed by atoms with van der Waals surface area (Å²) in [6.45, 7) is -0.117. The van der Waals surface area contributed by atoms with E-state index >= 15 is 0 Å². The highest BCUT2D eigenvalue weighted by Gasteiger charge is 2.26. The van der Waals surface area contributed by atoms with E-state index in [-0.39, 0.29) is 29.6 Å². The summed E-state index contributed by atoms with van der Waals surface area (Å²) in [6.07, 6.45) is -2.53. The Balaban J connectivity index is 2.49. The van der Waals surface area contributed by atoms with Crippen molar-refractivity contribution in [2.75, 3.05) is 6.61 Å². The maximum atomic E-state index is 11.9. The largest absolute Gasteiger partial charge is 0.476 e. The van der Waals surface area contributed by atoms with Crippen LogP contribution in [-0.2, 0) is 0 Å². The molecule has 0 atom stereocenters. The molecule has 1 heterocycles. The highest BCUT2D eigenvalue weighted by atomic mass is 32.1. The molecule has 0 fully saturated rings. The fraction of sp³-hybridized carbons (Fsp3) is 0.444. The Morgan fingerprint density at radius 3 is 2.59 bits per heavy atom. The van der Waals surface area contributed by atoms with Crippen molar-refractivity contribution in [2.24, 2.45) is 5.73 Å². The molecule has 0 bridgehead atoms. The minimum absolute atomic E-state index is 0.0103. The van der Waals surface area contributed by atoms with E-state index < -0.39 is 12.6 Å². The maximum Gasteiger partial charge on any atom is 0.389 e. The molecule has 94 valence electrons. The summed E-state index contributed by atoms with van der Waals surface area (Å²) in [7, 11) is 0. The second-order valence-electron chi connectivity index (χ2n) is 3.14. The summed E-state index contributed by atoms with van der Waals surface area (Å²) in [4.78, 5) is 7.62. The van der Waals surface area contributed by atoms with Crippen molar-refractivity contribution in [1.82, 2.24) is 9.97 Å². The number of nitrogens with two attached hydrogens (primary N) is 1. The number of hydrogen-bond donors (Lipinski definition) is 1. The molecule has 0 amide bonds. The first-order valence-corrected chi connectivity index (χ1v) is 5.11. The quantitative estimate of drug-likeness (QED) is 0.650. The number of aromatic nitrogens is 2. The van der Waals surface area contributed by atoms with Gasteiger partial charge in [0.1, 0.15) is 4.99 Å². The third kappa shape index (κ3) is 4.94. The van der Waals surface area contributed by atoms with Gasteiger partial charge in [0.25, 0.3) is 0 Å². The Morgan fingerprint density at radius 2 is 2.00 bits per heavy atom. The van der Waals surface area contributed by atoms with E-state index in [9.17, 15) is 13.2 Å². The Labute approximate surface area is 101 Å². The van der Waals surface area contributed by atoms with E-state index in [4.69, 9.17) is 22.7 Å². The minimum Gasteiger partial charge on any atom is -0.476 e. The van der Waals surface area contributed by atoms with E-state index in [0.717, 1.165) is 0 Å². The maximum absolute atomic E-state index is 11.9. The first-order valence-electron chi connectivity index (χ1n) is 4.70. The molecule has 0 aliphatic heterocycles. The van der Waals surface area contributed by atoms with Crippen molar-refractivity contribution >= 4 is 17.2 Å². The normalized spacial score (nSPS) is 11.2. The smallest absolute Gasteiger partial charge is 0.389 e. The van der Waals surface area contributed by atoms with Crippen molar-refractivity contribution in [3.63, 3.8) is 0 Å². The molecule has 0 unspecified atom stereocenters. The fourth-order valence-electron chi connectivity index (χ4n) is 1.04. The van der Waals surface area contributed by atoms with Gasteiger partial charge in [-0.05, 0) is 6.42 Å². The molecule has 0 radical (unpaired) electrons. The van der Waals surface area contributed by atoms with Crippen LogP contribution in [0, 0.1) is 0 Å². The Hall–Kier alpha value is -1.44. The molecule has 0 saturated heterocycles. The van der Waals surface area contributed by atoms with E-state index in [1.54, 1.807) is 0 Å². The van der Waals surface area contributed by atoms with Gasteiger partial charge < -0.3 is 10.5 Å². The van der Waals surface area contributed by atoms with Crippen LogP contribution in [0.5, 0.6) is 5.88 Å². The Kier molecular flexibility index (Phi) is 4.62. The van der Waals surface area contributed by atoms with Crippen LogP contribution in [0.25, 0.3) is 0 Å². The van der Waals surface area contributed by atoms with Crippen molar-refractivity contribution in [2.45, 2.75) is 19.0 Å². The van der Waals surface area contributed by atoms with Gasteiger partial charge in [-0.25, -0.2) is 9.97 Å². The second kappa shape index (κ2) is 5.76. The van der Waals surface area contributed by atoms with Gasteiger partial charge in [0.2, 0.25) is 5.88 Å². The lowest BCUT2D eigenvalue weighted by Crippen LogP contribution is -2.16. The predicted molar refractivity (Wildman–Crippen MR) is 58.7 cm³/mol. The first-order chi connectivity index (χ1) is 7.90. The van der Waals surface area contributed by atoms with Crippen LogP contribution in [0.4, 0.5) is 13.2 Å². The molecule has 0 aliphatic carbocycles. The van der Waals surface area contributed by atoms with Crippen LogP contribution in [0.2, 0.25) is 0 Å². The molecule has 1 aromatic heterocycles. The zero-order chi connectivity index (χ0) is 12.9. The van der Waals surface area contributed by atoms with Crippen LogP contribution < -0.4 is 10.5 Å². The minimum atomic E-state index is -4.18. The lowest BCUT2D eigenvalue weighted by molar-refractivity contribution is -0.136. The molecule has 4 nitrogen and oxygen atoms in total. The topological polar surface area (TPSA) is 61.0 Å². The molecular formula is C9H10F3N3OS. The Morgan fingerprint density at radius 1 is 1.35 bits per heavy atom. The van der Waals surface area contributed by atoms with Gasteiger partial charge >= 0.3 is 6.18 Å². The second-order valence-corrected chi connectivity index (χ2v) is 3.58. The lowest BCUT2D eigenvalue weighted by Gasteiger charge is -2.09. The zero-order valence-electron chi connectivity index (χ0n) is 8.70. The monoisotopic (exact) mass is 265 g/mol. The summed E-state index contributed by atoms with van der Waals surface area (Å²) in [5.74, 6) is 0.0576. The third-order valence-corrected chi connectivity index (χ3v) is 1.93. The summed E-state index contributed by atoms with van der Waals surface area (Å²) < 4.78 is 40.6. The van der Waals surface area contributed by atoms with Crippen LogP contribution in [-0.4, -0.2) is 27.7 Å². The number of alkyl halides is 3. The molecule has 0 aliphatic rings. The molecule has 2 N–H and O–H groups in total. The van der Waals surface area contributed by atoms with E-state index in [0.29, 0.717) is 0 Å². The van der Waals surface area contributed by atoms with Gasteiger partial charge in [0.15, 0.2) is 5.69 Å². The first kappa shape index (κ1) is 13.6. The summed E-state index contributed by atoms with van der Waals surface area (Å²) in [5, 5.41) is 0. The van der Waals surface area contributed by atoms with E-state index in [1.807, 2.05) is 0 Å². The van der Waals surface area contributed by atoms with E-state index in [1.165, 1.54) is 12.4 Å². The van der Waals surface area contributed by atoms with Crippen LogP contribution in [0.1, 0.15) is 18.5 Å². The standard InChI is InChI=1S/C9H10F3N3OS/c10-9(11,12)2-1-5-16-8-6(7(13)17)14-3-4-15-8/h3-4H,1-2,5H2,(H2,13,17). The van der Waals surface area contributed by atoms with Gasteiger partial charge in [-0.1, -0.05) is 12.2 Å². The summed E-state index contributed by atoms with van der Waals surface area (Å²) >= 11 is 4.70. The highest BCUT2D eigenvalue weighted by molar-refractivity contribution is 7.80. The van der Waals surface area contributed by atoms with Gasteiger partial charge in [-0.3, -0.25) is 0 Å². The number of hydrogen-bond acceptors (Lipinski definition) is 4. The van der Waals surface area contributed by atoms with Gasteiger partial charge in [0, 0.05) is 18.8 Å². The molecule has 8 heteroatoms. The number of rotatable bonds is 5. The van der Waals surface area contributed by atoms with Gasteiger partial charge in [-0.15, -0.1) is 0 Å². The van der Waals surface area contributed by atoms with Crippen LogP contribution in [0.15, 0.2) is 12.4 Å². The zero-order valence-corrected chi connectivity index (χ0v) is 9.51. The molecule has 0 aromatic carbocycles. The molecule has 17 heavy (non-hydrogen) atoms. The third-order valence-electron chi connectivity index (χ3n) is 1.74. The summed E-state index contributed by atoms with van der Waals surface area (Å²) in [5.41, 5.74) is 5.53. The van der Waals surface area contributed by atoms with Crippen LogP contribution in [0.3, 0.4) is 0 Å². The van der Waals surface area contributed by atoms with Crippen molar-refractivity contribution < 1.29 is 17.9 Å². The molecule has 0 saturated carbocycles. The van der Waals surface area contributed by atoms with Crippen molar-refractivity contribution in [3.8, 4) is 5.88 Å². The molecule has 1 rings (SSSR count). The number of thiocarbonyl (C=S) groups is 1. The van der Waals surface area contributed by atoms with Gasteiger partial charge in [0.05, 0.1) is 6.61 Å². The molecule has 0 spiro atoms. The van der Waals surface area contributed by atoms with Gasteiger partial charge in [-0.2, -0.15) is 13.2 Å². The average molecular weight is 265 g/mol. The molecular weight excluding hydrogens is 255 g/mol. The van der Waals surface area contributed by atoms with Crippen LogP contribution >= 0.6 is 12.2 Å². The number of nitrogens with zero attached hydrogens (tertiary/aromatic N) is 2. The summed E-state index contributed by atoms with van der Waals surface area (Å²) in [6, 6.07) is 0. The van der Waals surface area contributed by atoms with Crippen molar-refractivity contribution in [1.29, 1.82) is 0 Å². The lowest BCUT2D eigenvalue weighted by atomic mass is 10.3. The SMILES string of the molecule is NC(=S)c1nccnc1OCCCC(F)(F)F. The molecule has 1 aromatic rings. The van der Waals surface area contributed by atoms with E-state index in [2.05, 4.69) is 9.97 Å². The highest BCUT2D eigenvalue weighted by Crippen LogP contribution is 2.21. The number of ether oxygens (including phenoxy) is 1. The fourth-order valence-corrected chi connectivity index (χ4v) is 1.18. The number of halogens is 3.